The lowest BCUT2D eigenvalue weighted by molar-refractivity contribution is -0.116. The summed E-state index contributed by atoms with van der Waals surface area (Å²) in [5, 5.41) is 0. The Balaban J connectivity index is 2.05. The molecule has 3 aliphatic carbocycles. The zero-order chi connectivity index (χ0) is 12.9. The maximum atomic E-state index is 12.0. The second kappa shape index (κ2) is 3.78. The average molecular weight is 242 g/mol. The van der Waals surface area contributed by atoms with Crippen LogP contribution in [-0.2, 0) is 9.59 Å². The Labute approximate surface area is 107 Å². The number of rotatable bonds is 0. The number of carbonyl (C=O) groups is 2. The third kappa shape index (κ3) is 1.55. The van der Waals surface area contributed by atoms with E-state index in [1.54, 1.807) is 0 Å². The Morgan fingerprint density at radius 2 is 1.89 bits per heavy atom. The molecule has 0 aromatic carbocycles. The van der Waals surface area contributed by atoms with Crippen LogP contribution in [0, 0.1) is 11.3 Å². The Bertz CT molecular complexity index is 521. The van der Waals surface area contributed by atoms with Gasteiger partial charge in [0.2, 0.25) is 0 Å². The predicted octanol–water partition coefficient (Wildman–Crippen LogP) is 3.15. The number of hydrogen-bond acceptors (Lipinski definition) is 2. The lowest BCUT2D eigenvalue weighted by Gasteiger charge is -2.47. The van der Waals surface area contributed by atoms with E-state index in [2.05, 4.69) is 13.5 Å². The molecule has 0 N–H and O–H groups in total. The molecular weight excluding hydrogens is 224 g/mol. The van der Waals surface area contributed by atoms with Crippen molar-refractivity contribution in [3.63, 3.8) is 0 Å². The molecule has 0 aromatic rings. The summed E-state index contributed by atoms with van der Waals surface area (Å²) >= 11 is 0. The first-order valence-corrected chi connectivity index (χ1v) is 6.68. The van der Waals surface area contributed by atoms with Crippen LogP contribution in [0.3, 0.4) is 0 Å². The molecule has 2 heteroatoms. The lowest BCUT2D eigenvalue weighted by Crippen LogP contribution is -2.39. The molecule has 0 aliphatic heterocycles. The van der Waals surface area contributed by atoms with Gasteiger partial charge in [-0.2, -0.15) is 0 Å². The van der Waals surface area contributed by atoms with Gasteiger partial charge < -0.3 is 0 Å². The van der Waals surface area contributed by atoms with Gasteiger partial charge in [0.1, 0.15) is 0 Å². The highest BCUT2D eigenvalue weighted by Gasteiger charge is 2.45. The van der Waals surface area contributed by atoms with E-state index >= 15 is 0 Å². The molecule has 2 atom stereocenters. The molecule has 0 aromatic heterocycles. The van der Waals surface area contributed by atoms with Gasteiger partial charge in [0.25, 0.3) is 0 Å². The van der Waals surface area contributed by atoms with Crippen molar-refractivity contribution in [2.24, 2.45) is 11.3 Å². The van der Waals surface area contributed by atoms with Crippen LogP contribution >= 0.6 is 0 Å². The summed E-state index contributed by atoms with van der Waals surface area (Å²) < 4.78 is 0. The van der Waals surface area contributed by atoms with E-state index < -0.39 is 0 Å². The predicted molar refractivity (Wildman–Crippen MR) is 70.0 cm³/mol. The van der Waals surface area contributed by atoms with Crippen molar-refractivity contribution < 1.29 is 9.59 Å². The van der Waals surface area contributed by atoms with Gasteiger partial charge >= 0.3 is 0 Å². The fourth-order valence-corrected chi connectivity index (χ4v) is 3.84. The maximum absolute atomic E-state index is 12.0. The Morgan fingerprint density at radius 1 is 1.22 bits per heavy atom. The summed E-state index contributed by atoms with van der Waals surface area (Å²) in [5.41, 5.74) is 2.93. The summed E-state index contributed by atoms with van der Waals surface area (Å²) in [6.45, 7) is 6.44. The highest BCUT2D eigenvalue weighted by atomic mass is 16.1. The number of ketones is 2. The maximum Gasteiger partial charge on any atom is 0.182 e. The molecule has 18 heavy (non-hydrogen) atoms. The fraction of sp³-hybridized carbons (Fsp3) is 0.500. The molecule has 0 unspecified atom stereocenters. The summed E-state index contributed by atoms with van der Waals surface area (Å²) in [7, 11) is 0. The Hall–Kier alpha value is -1.44. The van der Waals surface area contributed by atoms with Gasteiger partial charge in [-0.25, -0.2) is 0 Å². The van der Waals surface area contributed by atoms with Crippen LogP contribution < -0.4 is 0 Å². The largest absolute Gasteiger partial charge is 0.290 e. The molecule has 2 nitrogen and oxygen atoms in total. The minimum atomic E-state index is 0.0324. The van der Waals surface area contributed by atoms with Crippen LogP contribution in [0.15, 0.2) is 35.5 Å². The van der Waals surface area contributed by atoms with Crippen LogP contribution in [-0.4, -0.2) is 11.6 Å². The van der Waals surface area contributed by atoms with Gasteiger partial charge in [-0.1, -0.05) is 19.1 Å². The zero-order valence-electron chi connectivity index (χ0n) is 10.8. The van der Waals surface area contributed by atoms with E-state index in [1.165, 1.54) is 17.7 Å². The third-order valence-corrected chi connectivity index (χ3v) is 4.91. The molecule has 0 heterocycles. The normalized spacial score (nSPS) is 35.6. The number of hydrogen-bond donors (Lipinski definition) is 0. The van der Waals surface area contributed by atoms with E-state index in [4.69, 9.17) is 0 Å². The highest BCUT2D eigenvalue weighted by Crippen LogP contribution is 2.54. The van der Waals surface area contributed by atoms with Crippen LogP contribution in [0.25, 0.3) is 0 Å². The van der Waals surface area contributed by atoms with E-state index in [-0.39, 0.29) is 17.0 Å². The fourth-order valence-electron chi connectivity index (χ4n) is 3.84. The first-order valence-electron chi connectivity index (χ1n) is 6.68. The second-order valence-electron chi connectivity index (χ2n) is 6.12. The second-order valence-corrected chi connectivity index (χ2v) is 6.12. The molecule has 1 saturated carbocycles. The van der Waals surface area contributed by atoms with Crippen molar-refractivity contribution in [3.8, 4) is 0 Å². The molecule has 0 saturated heterocycles. The third-order valence-electron chi connectivity index (χ3n) is 4.91. The van der Waals surface area contributed by atoms with E-state index in [9.17, 15) is 9.59 Å². The Kier molecular flexibility index (Phi) is 2.44. The van der Waals surface area contributed by atoms with Gasteiger partial charge in [-0.3, -0.25) is 9.59 Å². The van der Waals surface area contributed by atoms with Crippen LogP contribution in [0.1, 0.15) is 39.0 Å². The minimum Gasteiger partial charge on any atom is -0.290 e. The first kappa shape index (κ1) is 11.6. The van der Waals surface area contributed by atoms with Crippen LogP contribution in [0.2, 0.25) is 0 Å². The molecule has 94 valence electrons. The van der Waals surface area contributed by atoms with Crippen molar-refractivity contribution in [3.05, 3.63) is 35.5 Å². The van der Waals surface area contributed by atoms with Gasteiger partial charge in [0.05, 0.1) is 0 Å². The quantitative estimate of drug-likeness (QED) is 0.483. The van der Waals surface area contributed by atoms with Crippen LogP contribution in [0.5, 0.6) is 0 Å². The molecule has 1 fully saturated rings. The lowest BCUT2D eigenvalue weighted by atomic mass is 9.56. The summed E-state index contributed by atoms with van der Waals surface area (Å²) in [6, 6.07) is 0. The monoisotopic (exact) mass is 242 g/mol. The summed E-state index contributed by atoms with van der Waals surface area (Å²) in [6.07, 6.45) is 7.70. The molecule has 3 rings (SSSR count). The van der Waals surface area contributed by atoms with E-state index in [0.717, 1.165) is 43.3 Å². The van der Waals surface area contributed by atoms with Crippen molar-refractivity contribution in [1.29, 1.82) is 0 Å². The van der Waals surface area contributed by atoms with E-state index in [1.807, 2.05) is 0 Å². The molecular formula is C16H18O2. The Morgan fingerprint density at radius 3 is 2.61 bits per heavy atom. The van der Waals surface area contributed by atoms with Crippen molar-refractivity contribution in [2.75, 3.05) is 0 Å². The van der Waals surface area contributed by atoms with Gasteiger partial charge in [-0.15, -0.1) is 0 Å². The van der Waals surface area contributed by atoms with Gasteiger partial charge in [0, 0.05) is 11.1 Å². The highest BCUT2D eigenvalue weighted by molar-refractivity contribution is 6.20. The SMILES string of the molecule is C=C1CCC[C@@]2(C)CC3=C(C[C@@H]12)C(=O)C=CC3=O. The van der Waals surface area contributed by atoms with Crippen molar-refractivity contribution >= 4 is 11.6 Å². The van der Waals surface area contributed by atoms with Gasteiger partial charge in [0.15, 0.2) is 11.6 Å². The molecule has 0 bridgehead atoms. The smallest absolute Gasteiger partial charge is 0.182 e. The number of fused-ring (bicyclic) bond motifs is 1. The number of allylic oxidation sites excluding steroid dienone is 5. The molecule has 0 spiro atoms. The van der Waals surface area contributed by atoms with Crippen molar-refractivity contribution in [1.82, 2.24) is 0 Å². The van der Waals surface area contributed by atoms with Crippen molar-refractivity contribution in [2.45, 2.75) is 39.0 Å². The average Bonchev–Trinajstić information content (AvgIpc) is 2.33. The molecule has 0 amide bonds. The van der Waals surface area contributed by atoms with Crippen LogP contribution in [0.4, 0.5) is 0 Å². The molecule has 3 aliphatic rings. The first-order chi connectivity index (χ1) is 8.51. The minimum absolute atomic E-state index is 0.0324. The zero-order valence-corrected chi connectivity index (χ0v) is 10.8. The molecule has 0 radical (unpaired) electrons. The summed E-state index contributed by atoms with van der Waals surface area (Å²) in [4.78, 5) is 23.9. The van der Waals surface area contributed by atoms with E-state index in [0.29, 0.717) is 5.92 Å². The number of carbonyl (C=O) groups excluding carboxylic acids is 2. The summed E-state index contributed by atoms with van der Waals surface area (Å²) in [5.74, 6) is 0.457. The standard InChI is InChI=1S/C16H18O2/c1-10-4-3-7-16(2)9-12-11(8-13(10)16)14(17)5-6-15(12)18/h5-6,13H,1,3-4,7-9H2,2H3/t13-,16-/m0/s1. The topological polar surface area (TPSA) is 34.1 Å². The van der Waals surface area contributed by atoms with Gasteiger partial charge in [-0.05, 0) is 55.6 Å².